The van der Waals surface area contributed by atoms with Crippen molar-refractivity contribution in [3.05, 3.63) is 35.9 Å². The van der Waals surface area contributed by atoms with Crippen molar-refractivity contribution in [1.29, 1.82) is 0 Å². The first-order valence-corrected chi connectivity index (χ1v) is 6.48. The highest BCUT2D eigenvalue weighted by molar-refractivity contribution is 6.27. The normalized spacial score (nSPS) is 11.2. The molecule has 0 saturated carbocycles. The molecule has 1 N–H and O–H groups in total. The first-order valence-electron chi connectivity index (χ1n) is 5.94. The molecule has 0 spiro atoms. The van der Waals surface area contributed by atoms with Crippen molar-refractivity contribution < 1.29 is 4.79 Å². The largest absolute Gasteiger partial charge is 0.350 e. The minimum Gasteiger partial charge on any atom is -0.350 e. The fraction of sp³-hybridized carbons (Fsp3) is 0.500. The maximum atomic E-state index is 11.2. The number of aryl methyl sites for hydroxylation is 1. The highest BCUT2D eigenvalue weighted by Crippen LogP contribution is 2.14. The van der Waals surface area contributed by atoms with Gasteiger partial charge in [-0.1, -0.05) is 30.3 Å². The lowest BCUT2D eigenvalue weighted by molar-refractivity contribution is -0.120. The van der Waals surface area contributed by atoms with Crippen LogP contribution in [0.3, 0.4) is 0 Å². The SMILES string of the molecule is CC(C)(CCCc1ccccc1)NC(=O)CCl. The second-order valence-electron chi connectivity index (χ2n) is 4.90. The van der Waals surface area contributed by atoms with Crippen molar-refractivity contribution >= 4 is 17.5 Å². The first kappa shape index (κ1) is 14.0. The summed E-state index contributed by atoms with van der Waals surface area (Å²) in [6.45, 7) is 4.06. The minimum atomic E-state index is -0.180. The number of alkyl halides is 1. The molecule has 2 nitrogen and oxygen atoms in total. The van der Waals surface area contributed by atoms with Crippen molar-refractivity contribution in [2.24, 2.45) is 0 Å². The standard InChI is InChI=1S/C14H20ClNO/c1-14(2,16-13(17)11-15)10-6-9-12-7-4-3-5-8-12/h3-5,7-8H,6,9-11H2,1-2H3,(H,16,17). The maximum absolute atomic E-state index is 11.2. The van der Waals surface area contributed by atoms with Gasteiger partial charge in [-0.15, -0.1) is 11.6 Å². The molecule has 0 radical (unpaired) electrons. The van der Waals surface area contributed by atoms with Crippen LogP contribution in [0.4, 0.5) is 0 Å². The maximum Gasteiger partial charge on any atom is 0.235 e. The Labute approximate surface area is 108 Å². The van der Waals surface area contributed by atoms with Gasteiger partial charge in [0, 0.05) is 5.54 Å². The van der Waals surface area contributed by atoms with E-state index in [0.29, 0.717) is 0 Å². The molecule has 0 heterocycles. The van der Waals surface area contributed by atoms with E-state index in [2.05, 4.69) is 29.6 Å². The molecule has 1 rings (SSSR count). The number of hydrogen-bond acceptors (Lipinski definition) is 1. The summed E-state index contributed by atoms with van der Waals surface area (Å²) in [5.41, 5.74) is 1.16. The summed E-state index contributed by atoms with van der Waals surface area (Å²) in [4.78, 5) is 11.2. The molecule has 1 amide bonds. The van der Waals surface area contributed by atoms with Gasteiger partial charge >= 0.3 is 0 Å². The van der Waals surface area contributed by atoms with Crippen LogP contribution in [0.25, 0.3) is 0 Å². The molecule has 0 aliphatic carbocycles. The number of amides is 1. The zero-order chi connectivity index (χ0) is 12.7. The average molecular weight is 254 g/mol. The monoisotopic (exact) mass is 253 g/mol. The third-order valence-electron chi connectivity index (χ3n) is 2.71. The molecule has 0 aliphatic heterocycles. The van der Waals surface area contributed by atoms with Crippen LogP contribution in [0, 0.1) is 0 Å². The van der Waals surface area contributed by atoms with Crippen molar-refractivity contribution in [3.8, 4) is 0 Å². The van der Waals surface area contributed by atoms with Crippen molar-refractivity contribution in [2.75, 3.05) is 5.88 Å². The summed E-state index contributed by atoms with van der Waals surface area (Å²) >= 11 is 5.48. The van der Waals surface area contributed by atoms with Crippen LogP contribution in [-0.4, -0.2) is 17.3 Å². The Balaban J connectivity index is 2.32. The summed E-state index contributed by atoms with van der Waals surface area (Å²) < 4.78 is 0. The van der Waals surface area contributed by atoms with E-state index < -0.39 is 0 Å². The Morgan fingerprint density at radius 1 is 1.29 bits per heavy atom. The minimum absolute atomic E-state index is 0.0299. The van der Waals surface area contributed by atoms with Gasteiger partial charge < -0.3 is 5.32 Å². The lowest BCUT2D eigenvalue weighted by Crippen LogP contribution is -2.44. The molecule has 0 unspecified atom stereocenters. The smallest absolute Gasteiger partial charge is 0.235 e. The summed E-state index contributed by atoms with van der Waals surface area (Å²) in [5.74, 6) is -0.0707. The molecule has 0 saturated heterocycles. The number of hydrogen-bond donors (Lipinski definition) is 1. The third-order valence-corrected chi connectivity index (χ3v) is 2.95. The van der Waals surface area contributed by atoms with Crippen LogP contribution >= 0.6 is 11.6 Å². The summed E-state index contributed by atoms with van der Waals surface area (Å²) in [6, 6.07) is 10.4. The van der Waals surface area contributed by atoms with Gasteiger partial charge in [0.1, 0.15) is 5.88 Å². The number of carbonyl (C=O) groups is 1. The Hall–Kier alpha value is -1.02. The third kappa shape index (κ3) is 5.73. The van der Waals surface area contributed by atoms with Gasteiger partial charge in [0.2, 0.25) is 5.91 Å². The lowest BCUT2D eigenvalue weighted by atomic mass is 9.95. The molecule has 0 bridgehead atoms. The molecule has 0 aliphatic rings. The predicted molar refractivity (Wildman–Crippen MR) is 72.3 cm³/mol. The molecule has 0 fully saturated rings. The topological polar surface area (TPSA) is 29.1 Å². The summed E-state index contributed by atoms with van der Waals surface area (Å²) in [7, 11) is 0. The number of rotatable bonds is 6. The van der Waals surface area contributed by atoms with E-state index >= 15 is 0 Å². The highest BCUT2D eigenvalue weighted by atomic mass is 35.5. The molecular formula is C14H20ClNO. The first-order chi connectivity index (χ1) is 8.03. The van der Waals surface area contributed by atoms with Crippen LogP contribution in [0.5, 0.6) is 0 Å². The lowest BCUT2D eigenvalue weighted by Gasteiger charge is -2.25. The molecule has 1 aromatic carbocycles. The van der Waals surface area contributed by atoms with E-state index in [1.807, 2.05) is 19.9 Å². The van der Waals surface area contributed by atoms with E-state index in [0.717, 1.165) is 19.3 Å². The van der Waals surface area contributed by atoms with E-state index in [1.165, 1.54) is 5.56 Å². The van der Waals surface area contributed by atoms with Crippen LogP contribution in [0.15, 0.2) is 30.3 Å². The van der Waals surface area contributed by atoms with E-state index in [-0.39, 0.29) is 17.3 Å². The quantitative estimate of drug-likeness (QED) is 0.776. The van der Waals surface area contributed by atoms with Crippen LogP contribution in [0.2, 0.25) is 0 Å². The number of nitrogens with one attached hydrogen (secondary N) is 1. The van der Waals surface area contributed by atoms with Crippen LogP contribution in [0.1, 0.15) is 32.3 Å². The predicted octanol–water partition coefficient (Wildman–Crippen LogP) is 3.14. The zero-order valence-electron chi connectivity index (χ0n) is 10.5. The summed E-state index contributed by atoms with van der Waals surface area (Å²) in [5, 5.41) is 2.92. The Morgan fingerprint density at radius 3 is 2.53 bits per heavy atom. The van der Waals surface area contributed by atoms with E-state index in [4.69, 9.17) is 11.6 Å². The summed E-state index contributed by atoms with van der Waals surface area (Å²) in [6.07, 6.45) is 3.05. The van der Waals surface area contributed by atoms with Gasteiger partial charge in [-0.2, -0.15) is 0 Å². The van der Waals surface area contributed by atoms with E-state index in [1.54, 1.807) is 0 Å². The number of benzene rings is 1. The Morgan fingerprint density at radius 2 is 1.94 bits per heavy atom. The number of halogens is 1. The van der Waals surface area contributed by atoms with Gasteiger partial charge in [0.05, 0.1) is 0 Å². The molecule has 0 aromatic heterocycles. The fourth-order valence-corrected chi connectivity index (χ4v) is 1.92. The Kier molecular flexibility index (Phi) is 5.49. The molecule has 1 aromatic rings. The van der Waals surface area contributed by atoms with Gasteiger partial charge in [-0.3, -0.25) is 4.79 Å². The van der Waals surface area contributed by atoms with Gasteiger partial charge in [0.15, 0.2) is 0 Å². The van der Waals surface area contributed by atoms with Crippen LogP contribution in [-0.2, 0) is 11.2 Å². The molecular weight excluding hydrogens is 234 g/mol. The van der Waals surface area contributed by atoms with Gasteiger partial charge in [-0.05, 0) is 38.7 Å². The molecule has 3 heteroatoms. The molecule has 94 valence electrons. The van der Waals surface area contributed by atoms with Gasteiger partial charge in [0.25, 0.3) is 0 Å². The van der Waals surface area contributed by atoms with Crippen molar-refractivity contribution in [1.82, 2.24) is 5.32 Å². The second kappa shape index (κ2) is 6.65. The average Bonchev–Trinajstić information content (AvgIpc) is 2.29. The fourth-order valence-electron chi connectivity index (χ4n) is 1.85. The second-order valence-corrected chi connectivity index (χ2v) is 5.17. The van der Waals surface area contributed by atoms with Crippen molar-refractivity contribution in [2.45, 2.75) is 38.6 Å². The highest BCUT2D eigenvalue weighted by Gasteiger charge is 2.19. The van der Waals surface area contributed by atoms with Crippen molar-refractivity contribution in [3.63, 3.8) is 0 Å². The Bertz CT molecular complexity index is 348. The van der Waals surface area contributed by atoms with Crippen LogP contribution < -0.4 is 5.32 Å². The number of carbonyl (C=O) groups excluding carboxylic acids is 1. The molecule has 17 heavy (non-hydrogen) atoms. The zero-order valence-corrected chi connectivity index (χ0v) is 11.3. The molecule has 0 atom stereocenters. The van der Waals surface area contributed by atoms with Gasteiger partial charge in [-0.25, -0.2) is 0 Å². The van der Waals surface area contributed by atoms with E-state index in [9.17, 15) is 4.79 Å².